The molecule has 0 aliphatic rings. The van der Waals surface area contributed by atoms with Gasteiger partial charge in [-0.1, -0.05) is 110 Å². The quantitative estimate of drug-likeness (QED) is 0.132. The van der Waals surface area contributed by atoms with Crippen LogP contribution in [0.4, 0.5) is 0 Å². The minimum Gasteiger partial charge on any atom is -0.254 e. The van der Waals surface area contributed by atoms with Crippen LogP contribution in [0, 0.1) is 0 Å². The zero-order chi connectivity index (χ0) is 41.1. The smallest absolute Gasteiger partial charge is 0.140 e. The molecule has 6 aromatic carbocycles. The van der Waals surface area contributed by atoms with Gasteiger partial charge in [0, 0.05) is 32.3 Å². The summed E-state index contributed by atoms with van der Waals surface area (Å²) in [6.45, 7) is 0. The first-order valence-electron chi connectivity index (χ1n) is 20.6. The summed E-state index contributed by atoms with van der Waals surface area (Å²) >= 11 is 2.00. The summed E-state index contributed by atoms with van der Waals surface area (Å²) in [4.78, 5) is 12.8. The van der Waals surface area contributed by atoms with Crippen molar-refractivity contribution < 1.29 is 0 Å². The van der Waals surface area contributed by atoms with Crippen LogP contribution in [0.15, 0.2) is 79.0 Å². The molecule has 3 aromatic heterocycles. The third-order valence-corrected chi connectivity index (χ3v) is 15.7. The van der Waals surface area contributed by atoms with Gasteiger partial charge in [0.05, 0.1) is 16.7 Å². The molecule has 0 amide bonds. The van der Waals surface area contributed by atoms with E-state index in [4.69, 9.17) is 9.97 Å². The molecule has 3 heterocycles. The molecule has 9 aromatic rings. The average Bonchev–Trinajstić information content (AvgIpc) is 3.52. The molecule has 0 saturated carbocycles. The van der Waals surface area contributed by atoms with Crippen LogP contribution >= 0.6 is 11.3 Å². The molecule has 0 saturated heterocycles. The van der Waals surface area contributed by atoms with Crippen molar-refractivity contribution in [1.82, 2.24) is 9.97 Å². The molecule has 0 radical (unpaired) electrons. The Morgan fingerprint density at radius 3 is 1.53 bits per heavy atom. The predicted molar refractivity (Wildman–Crippen MR) is 298 cm³/mol. The van der Waals surface area contributed by atoms with E-state index in [1.165, 1.54) is 125 Å². The van der Waals surface area contributed by atoms with Crippen molar-refractivity contribution in [3.05, 3.63) is 79.0 Å². The second-order valence-corrected chi connectivity index (χ2v) is 17.9. The molecule has 0 aliphatic heterocycles. The summed E-state index contributed by atoms with van der Waals surface area (Å²) in [6, 6.07) is 26.2. The summed E-state index contributed by atoms with van der Waals surface area (Å²) in [5.41, 5.74) is 27.4. The van der Waals surface area contributed by atoms with Gasteiger partial charge in [-0.2, -0.15) is 0 Å². The maximum Gasteiger partial charge on any atom is 0.140 e. The van der Waals surface area contributed by atoms with E-state index < -0.39 is 0 Å². The van der Waals surface area contributed by atoms with Gasteiger partial charge in [0.25, 0.3) is 0 Å². The van der Waals surface area contributed by atoms with Gasteiger partial charge < -0.3 is 0 Å². The number of pyridine rings is 2. The number of aromatic nitrogens is 2. The van der Waals surface area contributed by atoms with Gasteiger partial charge in [-0.3, -0.25) is 4.98 Å². The Hall–Kier alpha value is -4.80. The molecule has 0 atom stereocenters. The number of hydrogen-bond acceptors (Lipinski definition) is 3. The fraction of sp³-hybridized carbons (Fsp3) is 0. The molecule has 0 N–H and O–H groups in total. The lowest BCUT2D eigenvalue weighted by atomic mass is 9.58. The van der Waals surface area contributed by atoms with Crippen LogP contribution in [0.3, 0.4) is 0 Å². The molecule has 0 spiro atoms. The normalized spacial score (nSPS) is 11.7. The van der Waals surface area contributed by atoms with Gasteiger partial charge in [0.15, 0.2) is 0 Å². The second kappa shape index (κ2) is 14.2. The first-order valence-corrected chi connectivity index (χ1v) is 21.4. The fourth-order valence-electron chi connectivity index (χ4n) is 10.00. The van der Waals surface area contributed by atoms with Gasteiger partial charge in [-0.15, -0.1) is 33.2 Å². The number of rotatable bonds is 4. The predicted octanol–water partition coefficient (Wildman–Crippen LogP) is -10.8. The first kappa shape index (κ1) is 38.7. The summed E-state index contributed by atoms with van der Waals surface area (Å²) in [6.07, 6.45) is 1.86. The van der Waals surface area contributed by atoms with Crippen molar-refractivity contribution in [2.24, 2.45) is 0 Å². The highest BCUT2D eigenvalue weighted by molar-refractivity contribution is 7.22. The van der Waals surface area contributed by atoms with Crippen LogP contribution in [-0.2, 0) is 0 Å². The first-order chi connectivity index (χ1) is 27.7. The summed E-state index contributed by atoms with van der Waals surface area (Å²) in [5.74, 6) is 0. The van der Waals surface area contributed by atoms with Gasteiger partial charge in [-0.25, -0.2) is 4.98 Å². The largest absolute Gasteiger partial charge is 0.254 e. The lowest BCUT2D eigenvalue weighted by molar-refractivity contribution is 1.37. The van der Waals surface area contributed by atoms with E-state index in [0.717, 1.165) is 33.1 Å². The van der Waals surface area contributed by atoms with Crippen molar-refractivity contribution >= 4 is 228 Å². The fourth-order valence-corrected chi connectivity index (χ4v) is 11.6. The lowest BCUT2D eigenvalue weighted by Gasteiger charge is -2.24. The number of hydrogen-bond donors (Lipinski definition) is 0. The van der Waals surface area contributed by atoms with Crippen LogP contribution in [0.25, 0.3) is 86.6 Å². The van der Waals surface area contributed by atoms with Crippen molar-refractivity contribution in [3.8, 4) is 43.3 Å². The SMILES string of the molecule is Bc1c(-c2c(B)c(B)c(B)c(-c3ccc(-c4ccc5ccc6cccnc6c5n4)c4ccccc34)c2B)sc(-c2c(B)c(B)c(B)c3c(B)c(B)c(B)c(B)c23)c1B. The highest BCUT2D eigenvalue weighted by Gasteiger charge is 2.26. The minimum absolute atomic E-state index is 0.940. The van der Waals surface area contributed by atoms with E-state index in [0.29, 0.717) is 0 Å². The number of benzene rings is 6. The standard InChI is InChI=1S/C42H39B13N2S/c43-26-21(19-11-10-18(16-5-1-2-6-17(16)19)20-12-9-15-8-7-14-4-3-13-56-39(14)40(15)57-20)27(44)33(50)32(49)25(26)42-38(55)37(54)41(58-42)24-22-23(29(46)34(51)31(24)48)30(47)36(53)35(52)28(22)45/h1-13H,43-55H2. The zero-order valence-electron chi connectivity index (χ0n) is 36.3. The monoisotopic (exact) mass is 746 g/mol. The van der Waals surface area contributed by atoms with Crippen LogP contribution in [0.1, 0.15) is 0 Å². The molecule has 58 heavy (non-hydrogen) atoms. The van der Waals surface area contributed by atoms with Crippen molar-refractivity contribution in [2.75, 3.05) is 0 Å². The average molecular weight is 744 g/mol. The molecule has 16 heteroatoms. The molecular weight excluding hydrogens is 705 g/mol. The Morgan fingerprint density at radius 2 is 0.862 bits per heavy atom. The van der Waals surface area contributed by atoms with Crippen LogP contribution < -0.4 is 71.0 Å². The summed E-state index contributed by atoms with van der Waals surface area (Å²) < 4.78 is 0. The van der Waals surface area contributed by atoms with Gasteiger partial charge in [0.2, 0.25) is 0 Å². The highest BCUT2D eigenvalue weighted by atomic mass is 32.1. The molecule has 2 nitrogen and oxygen atoms in total. The Kier molecular flexibility index (Phi) is 9.47. The topological polar surface area (TPSA) is 25.8 Å². The number of thiophene rings is 1. The third kappa shape index (κ3) is 5.57. The van der Waals surface area contributed by atoms with Gasteiger partial charge in [-0.05, 0) is 55.9 Å². The lowest BCUT2D eigenvalue weighted by Crippen LogP contribution is -2.52. The zero-order valence-corrected chi connectivity index (χ0v) is 37.1. The third-order valence-electron chi connectivity index (χ3n) is 14.2. The molecule has 262 valence electrons. The van der Waals surface area contributed by atoms with E-state index in [-0.39, 0.29) is 0 Å². The van der Waals surface area contributed by atoms with E-state index in [1.54, 1.807) is 0 Å². The van der Waals surface area contributed by atoms with E-state index in [2.05, 4.69) is 169 Å². The molecule has 9 rings (SSSR count). The Labute approximate surface area is 357 Å². The summed E-state index contributed by atoms with van der Waals surface area (Å²) in [7, 11) is 30.3. The van der Waals surface area contributed by atoms with Crippen molar-refractivity contribution in [1.29, 1.82) is 0 Å². The molecule has 0 aliphatic carbocycles. The van der Waals surface area contributed by atoms with Crippen LogP contribution in [-0.4, -0.2) is 112 Å². The Bertz CT molecular complexity index is 3280. The molecular formula is C42H39B13N2S. The van der Waals surface area contributed by atoms with E-state index in [1.807, 2.05) is 23.6 Å². The second-order valence-electron chi connectivity index (χ2n) is 16.9. The Balaban J connectivity index is 1.27. The van der Waals surface area contributed by atoms with Crippen LogP contribution in [0.5, 0.6) is 0 Å². The molecule has 0 unspecified atom stereocenters. The van der Waals surface area contributed by atoms with Crippen molar-refractivity contribution in [3.63, 3.8) is 0 Å². The van der Waals surface area contributed by atoms with Gasteiger partial charge in [0.1, 0.15) is 102 Å². The molecule has 0 bridgehead atoms. The van der Waals surface area contributed by atoms with E-state index in [9.17, 15) is 0 Å². The Morgan fingerprint density at radius 1 is 0.362 bits per heavy atom. The number of fused-ring (bicyclic) bond motifs is 5. The number of nitrogens with zero attached hydrogens (tertiary/aromatic N) is 2. The molecule has 0 fully saturated rings. The summed E-state index contributed by atoms with van der Waals surface area (Å²) in [5, 5.41) is 7.52. The maximum absolute atomic E-state index is 5.28. The van der Waals surface area contributed by atoms with Crippen LogP contribution in [0.2, 0.25) is 0 Å². The van der Waals surface area contributed by atoms with E-state index >= 15 is 0 Å². The van der Waals surface area contributed by atoms with Gasteiger partial charge >= 0.3 is 0 Å². The maximum atomic E-state index is 5.28. The minimum atomic E-state index is 0.940. The highest BCUT2D eigenvalue weighted by Crippen LogP contribution is 2.37. The van der Waals surface area contributed by atoms with Crippen molar-refractivity contribution in [2.45, 2.75) is 0 Å².